The average molecular weight is 522 g/mol. The van der Waals surface area contributed by atoms with Crippen LogP contribution in [0.5, 0.6) is 0 Å². The molecule has 5 rings (SSSR count). The third-order valence-electron chi connectivity index (χ3n) is 6.66. The van der Waals surface area contributed by atoms with Crippen LogP contribution in [0.1, 0.15) is 43.6 Å². The van der Waals surface area contributed by atoms with E-state index in [2.05, 4.69) is 41.2 Å². The largest absolute Gasteiger partial charge is 0.418 e. The summed E-state index contributed by atoms with van der Waals surface area (Å²) in [5.41, 5.74) is 2.10. The van der Waals surface area contributed by atoms with Crippen molar-refractivity contribution in [2.45, 2.75) is 45.5 Å². The van der Waals surface area contributed by atoms with Gasteiger partial charge in [-0.2, -0.15) is 13.2 Å². The summed E-state index contributed by atoms with van der Waals surface area (Å²) in [5.74, 6) is 1.60. The van der Waals surface area contributed by atoms with Gasteiger partial charge in [-0.25, -0.2) is 9.97 Å². The second kappa shape index (κ2) is 10.7. The number of nitrogens with one attached hydrogen (secondary N) is 1. The lowest BCUT2D eigenvalue weighted by molar-refractivity contribution is -0.137. The van der Waals surface area contributed by atoms with Crippen molar-refractivity contribution in [3.05, 3.63) is 77.7 Å². The highest BCUT2D eigenvalue weighted by Crippen LogP contribution is 2.37. The molecule has 6 nitrogen and oxygen atoms in total. The molecule has 0 bridgehead atoms. The van der Waals surface area contributed by atoms with Gasteiger partial charge in [0.05, 0.1) is 36.0 Å². The Balaban J connectivity index is 1.57. The zero-order valence-electron chi connectivity index (χ0n) is 21.6. The molecule has 1 aliphatic rings. The number of benzene rings is 2. The normalized spacial score (nSPS) is 16.8. The number of nitrogens with zero attached hydrogens (tertiary/aromatic N) is 4. The Morgan fingerprint density at radius 1 is 1.08 bits per heavy atom. The van der Waals surface area contributed by atoms with Crippen LogP contribution in [0, 0.1) is 0 Å². The quantitative estimate of drug-likeness (QED) is 0.301. The number of anilines is 2. The van der Waals surface area contributed by atoms with Gasteiger partial charge >= 0.3 is 6.18 Å². The summed E-state index contributed by atoms with van der Waals surface area (Å²) >= 11 is 0. The molecule has 0 aliphatic carbocycles. The molecule has 1 N–H and O–H groups in total. The number of fused-ring (bicyclic) bond motifs is 1. The van der Waals surface area contributed by atoms with Gasteiger partial charge in [0, 0.05) is 35.9 Å². The molecule has 1 fully saturated rings. The molecule has 2 aromatic heterocycles. The van der Waals surface area contributed by atoms with Gasteiger partial charge in [0.2, 0.25) is 0 Å². The maximum Gasteiger partial charge on any atom is 0.418 e. The lowest BCUT2D eigenvalue weighted by Gasteiger charge is -2.30. The van der Waals surface area contributed by atoms with E-state index in [4.69, 9.17) is 14.7 Å². The molecule has 198 valence electrons. The van der Waals surface area contributed by atoms with Crippen molar-refractivity contribution in [1.82, 2.24) is 19.9 Å². The van der Waals surface area contributed by atoms with Crippen LogP contribution in [0.2, 0.25) is 0 Å². The highest BCUT2D eigenvalue weighted by atomic mass is 19.4. The van der Waals surface area contributed by atoms with Gasteiger partial charge in [-0.3, -0.25) is 9.88 Å². The molecular formula is C29H30F3N5O. The molecule has 0 radical (unpaired) electrons. The van der Waals surface area contributed by atoms with Crippen LogP contribution in [0.15, 0.2) is 60.8 Å². The van der Waals surface area contributed by atoms with E-state index in [0.29, 0.717) is 47.2 Å². The molecule has 1 atom stereocenters. The molecule has 0 amide bonds. The first kappa shape index (κ1) is 26.1. The van der Waals surface area contributed by atoms with Crippen molar-refractivity contribution >= 4 is 22.4 Å². The summed E-state index contributed by atoms with van der Waals surface area (Å²) in [6.07, 6.45) is -3.04. The van der Waals surface area contributed by atoms with Gasteiger partial charge < -0.3 is 10.1 Å². The number of aromatic nitrogens is 3. The molecule has 9 heteroatoms. The summed E-state index contributed by atoms with van der Waals surface area (Å²) < 4.78 is 46.7. The van der Waals surface area contributed by atoms with Crippen LogP contribution >= 0.6 is 0 Å². The minimum absolute atomic E-state index is 0.109. The fourth-order valence-corrected chi connectivity index (χ4v) is 4.68. The van der Waals surface area contributed by atoms with Crippen molar-refractivity contribution in [1.29, 1.82) is 0 Å². The van der Waals surface area contributed by atoms with Crippen LogP contribution < -0.4 is 5.32 Å². The Hall–Kier alpha value is -3.56. The lowest BCUT2D eigenvalue weighted by atomic mass is 10.0. The zero-order chi connectivity index (χ0) is 26.9. The molecule has 3 heterocycles. The van der Waals surface area contributed by atoms with Gasteiger partial charge in [-0.05, 0) is 54.8 Å². The number of ether oxygens (including phenoxy) is 1. The Kier molecular flexibility index (Phi) is 7.32. The number of hydrogen-bond acceptors (Lipinski definition) is 6. The van der Waals surface area contributed by atoms with Crippen molar-refractivity contribution < 1.29 is 17.9 Å². The van der Waals surface area contributed by atoms with Crippen molar-refractivity contribution in [2.75, 3.05) is 25.0 Å². The Morgan fingerprint density at radius 2 is 1.87 bits per heavy atom. The van der Waals surface area contributed by atoms with E-state index in [1.54, 1.807) is 18.2 Å². The van der Waals surface area contributed by atoms with Gasteiger partial charge in [0.1, 0.15) is 11.6 Å². The predicted molar refractivity (Wildman–Crippen MR) is 142 cm³/mol. The Labute approximate surface area is 219 Å². The number of alkyl halides is 3. The second-order valence-corrected chi connectivity index (χ2v) is 9.94. The van der Waals surface area contributed by atoms with Gasteiger partial charge in [-0.1, -0.05) is 32.0 Å². The zero-order valence-corrected chi connectivity index (χ0v) is 21.6. The monoisotopic (exact) mass is 521 g/mol. The third-order valence-corrected chi connectivity index (χ3v) is 6.66. The van der Waals surface area contributed by atoms with Gasteiger partial charge in [0.15, 0.2) is 0 Å². The van der Waals surface area contributed by atoms with Crippen molar-refractivity contribution in [3.63, 3.8) is 0 Å². The molecular weight excluding hydrogens is 491 g/mol. The van der Waals surface area contributed by atoms with Crippen LogP contribution in [0.25, 0.3) is 22.2 Å². The summed E-state index contributed by atoms with van der Waals surface area (Å²) in [4.78, 5) is 15.9. The van der Waals surface area contributed by atoms with Crippen LogP contribution in [-0.2, 0) is 17.5 Å². The fraction of sp³-hybridized carbons (Fsp3) is 0.345. The average Bonchev–Trinajstić information content (AvgIpc) is 2.88. The van der Waals surface area contributed by atoms with E-state index in [1.165, 1.54) is 17.8 Å². The molecule has 4 aromatic rings. The number of hydrogen-bond donors (Lipinski definition) is 1. The summed E-state index contributed by atoms with van der Waals surface area (Å²) in [6, 6.07) is 15.6. The first-order valence-corrected chi connectivity index (χ1v) is 12.7. The minimum atomic E-state index is -4.52. The standard InChI is InChI=1S/C29H30F3N5O/c1-18(2)20-6-9-22(10-7-20)34-28-23-11-8-21(27-24(29(30,31)32)5-4-12-33-27)15-25(23)35-26(36-28)17-37-13-14-38-19(3)16-37/h4-12,15,18-19H,13-14,16-17H2,1-3H3,(H,34,35,36)/t19-/m0/s1. The SMILES string of the molecule is CC(C)c1ccc(Nc2nc(CN3CCO[C@@H](C)C3)nc3cc(-c4ncccc4C(F)(F)F)ccc23)cc1. The Morgan fingerprint density at radius 3 is 2.58 bits per heavy atom. The maximum atomic E-state index is 13.7. The molecule has 38 heavy (non-hydrogen) atoms. The lowest BCUT2D eigenvalue weighted by Crippen LogP contribution is -2.40. The summed E-state index contributed by atoms with van der Waals surface area (Å²) in [7, 11) is 0. The van der Waals surface area contributed by atoms with Crippen molar-refractivity contribution in [2.24, 2.45) is 0 Å². The minimum Gasteiger partial charge on any atom is -0.376 e. The second-order valence-electron chi connectivity index (χ2n) is 9.94. The van der Waals surface area contributed by atoms with Crippen LogP contribution in [-0.4, -0.2) is 45.7 Å². The number of morpholine rings is 1. The molecule has 1 aliphatic heterocycles. The van der Waals surface area contributed by atoms with E-state index in [-0.39, 0.29) is 11.8 Å². The first-order chi connectivity index (χ1) is 18.2. The fourth-order valence-electron chi connectivity index (χ4n) is 4.68. The summed E-state index contributed by atoms with van der Waals surface area (Å²) in [6.45, 7) is 8.96. The van der Waals surface area contributed by atoms with Gasteiger partial charge in [0.25, 0.3) is 0 Å². The molecule has 0 saturated carbocycles. The maximum absolute atomic E-state index is 13.7. The van der Waals surface area contributed by atoms with E-state index in [1.807, 2.05) is 19.1 Å². The molecule has 1 saturated heterocycles. The molecule has 0 unspecified atom stereocenters. The van der Waals surface area contributed by atoms with Crippen LogP contribution in [0.3, 0.4) is 0 Å². The first-order valence-electron chi connectivity index (χ1n) is 12.7. The third kappa shape index (κ3) is 5.79. The molecule has 0 spiro atoms. The Bertz CT molecular complexity index is 1420. The predicted octanol–water partition coefficient (Wildman–Crippen LogP) is 6.80. The van der Waals surface area contributed by atoms with Crippen LogP contribution in [0.4, 0.5) is 24.7 Å². The number of pyridine rings is 1. The van der Waals surface area contributed by atoms with Gasteiger partial charge in [-0.15, -0.1) is 0 Å². The van der Waals surface area contributed by atoms with E-state index in [9.17, 15) is 13.2 Å². The van der Waals surface area contributed by atoms with Crippen molar-refractivity contribution in [3.8, 4) is 11.3 Å². The van der Waals surface area contributed by atoms with E-state index < -0.39 is 11.7 Å². The van der Waals surface area contributed by atoms with E-state index in [0.717, 1.165) is 24.8 Å². The smallest absolute Gasteiger partial charge is 0.376 e. The molecule has 2 aromatic carbocycles. The highest BCUT2D eigenvalue weighted by Gasteiger charge is 2.34. The number of halogens is 3. The topological polar surface area (TPSA) is 63.2 Å². The highest BCUT2D eigenvalue weighted by molar-refractivity contribution is 5.93. The number of rotatable bonds is 6. The summed E-state index contributed by atoms with van der Waals surface area (Å²) in [5, 5.41) is 4.12. The van der Waals surface area contributed by atoms with E-state index >= 15 is 0 Å².